The van der Waals surface area contributed by atoms with Crippen LogP contribution in [0, 0.1) is 13.8 Å². The van der Waals surface area contributed by atoms with Gasteiger partial charge in [-0.2, -0.15) is 0 Å². The van der Waals surface area contributed by atoms with Gasteiger partial charge in [0.25, 0.3) is 16.6 Å². The lowest BCUT2D eigenvalue weighted by Crippen LogP contribution is -2.66. The average molecular weight is 773 g/mol. The number of aromatic carboxylic acids is 1. The number of furan rings is 2. The van der Waals surface area contributed by atoms with E-state index in [4.69, 9.17) is 22.8 Å². The first-order valence-corrected chi connectivity index (χ1v) is 22.9. The maximum absolute atomic E-state index is 11.2. The monoisotopic (exact) mass is 772 g/mol. The average Bonchev–Trinajstić information content (AvgIpc) is 3.76. The zero-order valence-corrected chi connectivity index (χ0v) is 35.6. The fraction of sp³-hybridized carbons (Fsp3) is 0.298. The molecule has 0 aliphatic heterocycles. The highest BCUT2D eigenvalue weighted by atomic mass is 28.4. The number of carboxylic acids is 1. The summed E-state index contributed by atoms with van der Waals surface area (Å²) in [5, 5.41) is 14.2. The van der Waals surface area contributed by atoms with Crippen molar-refractivity contribution in [3.8, 4) is 0 Å². The molecule has 8 heteroatoms. The Labute approximate surface area is 329 Å². The van der Waals surface area contributed by atoms with Crippen LogP contribution in [0.4, 0.5) is 0 Å². The summed E-state index contributed by atoms with van der Waals surface area (Å²) in [5.74, 6) is 0.541. The Bertz CT molecular complexity index is 2000. The van der Waals surface area contributed by atoms with E-state index in [1.807, 2.05) is 25.1 Å². The van der Waals surface area contributed by atoms with Gasteiger partial charge in [0.2, 0.25) is 5.76 Å². The molecule has 2 heterocycles. The van der Waals surface area contributed by atoms with Crippen LogP contribution in [0.2, 0.25) is 10.1 Å². The Morgan fingerprint density at radius 1 is 0.564 bits per heavy atom. The van der Waals surface area contributed by atoms with Gasteiger partial charge in [-0.25, -0.2) is 4.79 Å². The van der Waals surface area contributed by atoms with Gasteiger partial charge in [-0.15, -0.1) is 0 Å². The van der Waals surface area contributed by atoms with E-state index in [0.717, 1.165) is 17.7 Å². The molecular weight excluding hydrogens is 717 g/mol. The van der Waals surface area contributed by atoms with Gasteiger partial charge < -0.3 is 22.8 Å². The second-order valence-electron chi connectivity index (χ2n) is 16.0. The molecule has 6 rings (SSSR count). The van der Waals surface area contributed by atoms with Gasteiger partial charge in [0, 0.05) is 13.2 Å². The third kappa shape index (κ3) is 9.22. The number of carbonyl (C=O) groups is 1. The molecular formula is C47H56O6Si2. The number of hydrogen-bond donors (Lipinski definition) is 1. The zero-order valence-electron chi connectivity index (χ0n) is 33.6. The molecule has 1 N–H and O–H groups in total. The molecule has 4 aromatic carbocycles. The Morgan fingerprint density at radius 2 is 0.927 bits per heavy atom. The maximum Gasteiger partial charge on any atom is 0.371 e. The molecule has 6 nitrogen and oxygen atoms in total. The first kappa shape index (κ1) is 41.4. The van der Waals surface area contributed by atoms with Crippen LogP contribution in [-0.4, -0.2) is 40.9 Å². The van der Waals surface area contributed by atoms with Gasteiger partial charge >= 0.3 is 5.97 Å². The molecule has 0 radical (unpaired) electrons. The summed E-state index contributed by atoms with van der Waals surface area (Å²) in [6, 6.07) is 46.2. The minimum absolute atomic E-state index is 0.0150. The van der Waals surface area contributed by atoms with E-state index in [1.54, 1.807) is 19.3 Å². The van der Waals surface area contributed by atoms with E-state index in [2.05, 4.69) is 151 Å². The summed E-state index contributed by atoms with van der Waals surface area (Å²) in [5.41, 5.74) is 2.10. The summed E-state index contributed by atoms with van der Waals surface area (Å²) in [4.78, 5) is 11.2. The molecule has 55 heavy (non-hydrogen) atoms. The van der Waals surface area contributed by atoms with E-state index < -0.39 is 22.6 Å². The fourth-order valence-electron chi connectivity index (χ4n) is 7.70. The van der Waals surface area contributed by atoms with Crippen molar-refractivity contribution in [3.63, 3.8) is 0 Å². The lowest BCUT2D eigenvalue weighted by molar-refractivity contribution is 0.0661. The molecule has 6 aromatic rings. The quantitative estimate of drug-likeness (QED) is 0.118. The summed E-state index contributed by atoms with van der Waals surface area (Å²) in [6.07, 6.45) is 3.23. The SMILES string of the molecule is Cc1oc(C(=O)O)cc1CCO[Si](c1ccccc1)(c1ccccc1)C(C)(C)C.Cc1occc1CCO[Si](c1ccccc1)(c1ccccc1)C(C)(C)C. The van der Waals surface area contributed by atoms with Crippen molar-refractivity contribution in [3.05, 3.63) is 168 Å². The molecule has 0 aliphatic rings. The highest BCUT2D eigenvalue weighted by molar-refractivity contribution is 7.00. The van der Waals surface area contributed by atoms with Crippen LogP contribution in [-0.2, 0) is 21.7 Å². The summed E-state index contributed by atoms with van der Waals surface area (Å²) in [6.45, 7) is 18.6. The van der Waals surface area contributed by atoms with Crippen LogP contribution in [0.15, 0.2) is 149 Å². The Balaban J connectivity index is 0.000000212. The number of hydrogen-bond acceptors (Lipinski definition) is 5. The van der Waals surface area contributed by atoms with Crippen molar-refractivity contribution in [2.45, 2.75) is 78.3 Å². The summed E-state index contributed by atoms with van der Waals surface area (Å²) in [7, 11) is -5.01. The summed E-state index contributed by atoms with van der Waals surface area (Å²) >= 11 is 0. The first-order valence-electron chi connectivity index (χ1n) is 19.1. The Kier molecular flexibility index (Phi) is 13.4. The second-order valence-corrected chi connectivity index (χ2v) is 24.6. The lowest BCUT2D eigenvalue weighted by Gasteiger charge is -2.43. The maximum atomic E-state index is 11.2. The number of aryl methyl sites for hydroxylation is 2. The van der Waals surface area contributed by atoms with Crippen LogP contribution >= 0.6 is 0 Å². The predicted octanol–water partition coefficient (Wildman–Crippen LogP) is 9.11. The molecule has 0 amide bonds. The van der Waals surface area contributed by atoms with Crippen molar-refractivity contribution in [1.82, 2.24) is 0 Å². The van der Waals surface area contributed by atoms with E-state index in [1.165, 1.54) is 26.3 Å². The van der Waals surface area contributed by atoms with Crippen molar-refractivity contribution < 1.29 is 27.6 Å². The zero-order chi connectivity index (χ0) is 39.7. The number of benzene rings is 4. The molecule has 0 saturated carbocycles. The molecule has 2 aromatic heterocycles. The van der Waals surface area contributed by atoms with Gasteiger partial charge in [-0.3, -0.25) is 0 Å². The van der Waals surface area contributed by atoms with Crippen LogP contribution < -0.4 is 20.7 Å². The minimum Gasteiger partial charge on any atom is -0.475 e. The van der Waals surface area contributed by atoms with Crippen molar-refractivity contribution in [1.29, 1.82) is 0 Å². The van der Waals surface area contributed by atoms with E-state index >= 15 is 0 Å². The normalized spacial score (nSPS) is 12.2. The number of rotatable bonds is 13. The third-order valence-corrected chi connectivity index (χ3v) is 20.5. The highest BCUT2D eigenvalue weighted by Crippen LogP contribution is 2.38. The second kappa shape index (κ2) is 17.8. The Hall–Kier alpha value is -4.74. The molecule has 0 aliphatic carbocycles. The van der Waals surface area contributed by atoms with Crippen LogP contribution in [0.5, 0.6) is 0 Å². The van der Waals surface area contributed by atoms with Crippen LogP contribution in [0.3, 0.4) is 0 Å². The van der Waals surface area contributed by atoms with E-state index in [-0.39, 0.29) is 15.8 Å². The van der Waals surface area contributed by atoms with Crippen LogP contribution in [0.25, 0.3) is 0 Å². The first-order chi connectivity index (χ1) is 26.2. The van der Waals surface area contributed by atoms with Crippen molar-refractivity contribution in [2.75, 3.05) is 13.2 Å². The van der Waals surface area contributed by atoms with Crippen LogP contribution in [0.1, 0.15) is 74.7 Å². The smallest absolute Gasteiger partial charge is 0.371 e. The number of carboxylic acid groups (broad SMARTS) is 1. The van der Waals surface area contributed by atoms with Crippen molar-refractivity contribution in [2.24, 2.45) is 0 Å². The largest absolute Gasteiger partial charge is 0.475 e. The molecule has 0 unspecified atom stereocenters. The molecule has 288 valence electrons. The van der Waals surface area contributed by atoms with E-state index in [9.17, 15) is 4.79 Å². The van der Waals surface area contributed by atoms with Gasteiger partial charge in [-0.1, -0.05) is 163 Å². The summed E-state index contributed by atoms with van der Waals surface area (Å²) < 4.78 is 24.5. The van der Waals surface area contributed by atoms with E-state index in [0.29, 0.717) is 25.4 Å². The molecule has 0 spiro atoms. The minimum atomic E-state index is -2.58. The van der Waals surface area contributed by atoms with Gasteiger partial charge in [0.05, 0.1) is 6.26 Å². The molecule has 0 atom stereocenters. The van der Waals surface area contributed by atoms with Gasteiger partial charge in [0.1, 0.15) is 11.5 Å². The molecule has 0 bridgehead atoms. The standard InChI is InChI=1S/C24H28O4Si.C23H28O2Si/c1-18-19(17-22(28-18)23(25)26)15-16-27-29(24(2,3)4,20-11-7-5-8-12-20)21-13-9-6-10-14-21;1-19-20(15-17-24-19)16-18-25-26(23(2,3)4,21-11-7-5-8-12-21)22-13-9-6-10-14-22/h5-14,17H,15-16H2,1-4H3,(H,25,26);5-15,17H,16,18H2,1-4H3. The molecule has 0 fully saturated rings. The molecule has 0 saturated heterocycles. The van der Waals surface area contributed by atoms with Gasteiger partial charge in [-0.05, 0) is 80.8 Å². The van der Waals surface area contributed by atoms with Gasteiger partial charge in [0.15, 0.2) is 0 Å². The highest BCUT2D eigenvalue weighted by Gasteiger charge is 2.51. The third-order valence-electron chi connectivity index (χ3n) is 10.4. The Morgan fingerprint density at radius 3 is 1.22 bits per heavy atom. The topological polar surface area (TPSA) is 82.0 Å². The van der Waals surface area contributed by atoms with Crippen molar-refractivity contribution >= 4 is 43.4 Å². The lowest BCUT2D eigenvalue weighted by atomic mass is 10.2. The fourth-order valence-corrected chi connectivity index (χ4v) is 16.8. The predicted molar refractivity (Wildman–Crippen MR) is 228 cm³/mol.